The second kappa shape index (κ2) is 8.74. The number of amides is 1. The lowest BCUT2D eigenvalue weighted by molar-refractivity contribution is -0.385. The van der Waals surface area contributed by atoms with Crippen molar-refractivity contribution in [3.8, 4) is 11.5 Å². The average Bonchev–Trinajstić information content (AvgIpc) is 3.13. The molecule has 0 radical (unpaired) electrons. The molecule has 0 spiro atoms. The van der Waals surface area contributed by atoms with Crippen molar-refractivity contribution in [3.63, 3.8) is 0 Å². The van der Waals surface area contributed by atoms with Crippen molar-refractivity contribution in [1.29, 1.82) is 0 Å². The first-order valence-electron chi connectivity index (χ1n) is 8.67. The Hall–Kier alpha value is -3.73. The van der Waals surface area contributed by atoms with Crippen LogP contribution in [0.15, 0.2) is 30.3 Å². The van der Waals surface area contributed by atoms with Crippen molar-refractivity contribution in [2.75, 3.05) is 26.1 Å². The van der Waals surface area contributed by atoms with Crippen molar-refractivity contribution >= 4 is 44.2 Å². The molecule has 0 aliphatic rings. The number of nitro benzene ring substituents is 1. The Labute approximate surface area is 174 Å². The number of esters is 1. The number of nitro groups is 1. The minimum absolute atomic E-state index is 0.132. The molecule has 0 fully saturated rings. The van der Waals surface area contributed by atoms with Crippen molar-refractivity contribution < 1.29 is 28.7 Å². The van der Waals surface area contributed by atoms with Crippen LogP contribution in [0.1, 0.15) is 27.6 Å². The number of nitrogens with one attached hydrogen (secondary N) is 1. The monoisotopic (exact) mass is 431 g/mol. The maximum absolute atomic E-state index is 12.7. The zero-order valence-corrected chi connectivity index (χ0v) is 17.1. The van der Waals surface area contributed by atoms with E-state index in [9.17, 15) is 19.7 Å². The Morgan fingerprint density at radius 3 is 2.50 bits per heavy atom. The molecule has 1 heterocycles. The maximum atomic E-state index is 12.7. The van der Waals surface area contributed by atoms with Gasteiger partial charge in [-0.05, 0) is 25.1 Å². The molecule has 0 atom stereocenters. The minimum atomic E-state index is -0.729. The van der Waals surface area contributed by atoms with Gasteiger partial charge in [0.15, 0.2) is 16.6 Å². The summed E-state index contributed by atoms with van der Waals surface area (Å²) in [4.78, 5) is 39.6. The summed E-state index contributed by atoms with van der Waals surface area (Å²) in [6, 6.07) is 7.17. The summed E-state index contributed by atoms with van der Waals surface area (Å²) in [6.45, 7) is 1.97. The van der Waals surface area contributed by atoms with Gasteiger partial charge in [0.05, 0.1) is 47.6 Å². The minimum Gasteiger partial charge on any atom is -0.493 e. The van der Waals surface area contributed by atoms with Gasteiger partial charge >= 0.3 is 5.97 Å². The van der Waals surface area contributed by atoms with Crippen LogP contribution in [0.2, 0.25) is 0 Å². The number of hydrogen-bond acceptors (Lipinski definition) is 9. The molecule has 30 heavy (non-hydrogen) atoms. The lowest BCUT2D eigenvalue weighted by Crippen LogP contribution is -2.14. The largest absolute Gasteiger partial charge is 0.493 e. The molecule has 0 saturated carbocycles. The van der Waals surface area contributed by atoms with Gasteiger partial charge in [-0.3, -0.25) is 20.2 Å². The highest BCUT2D eigenvalue weighted by Crippen LogP contribution is 2.35. The number of carbonyl (C=O) groups is 2. The fraction of sp³-hybridized carbons (Fsp3) is 0.211. The number of nitrogens with zero attached hydrogens (tertiary/aromatic N) is 2. The molecule has 0 bridgehead atoms. The molecule has 0 unspecified atom stereocenters. The van der Waals surface area contributed by atoms with Gasteiger partial charge < -0.3 is 14.2 Å². The first-order chi connectivity index (χ1) is 14.4. The molecule has 3 aromatic rings. The third-order valence-corrected chi connectivity index (χ3v) is 5.00. The van der Waals surface area contributed by atoms with Crippen LogP contribution < -0.4 is 14.8 Å². The predicted molar refractivity (Wildman–Crippen MR) is 110 cm³/mol. The fourth-order valence-electron chi connectivity index (χ4n) is 2.69. The summed E-state index contributed by atoms with van der Waals surface area (Å²) in [5.41, 5.74) is 0.284. The molecule has 10 nitrogen and oxygen atoms in total. The van der Waals surface area contributed by atoms with E-state index in [1.165, 1.54) is 20.3 Å². The van der Waals surface area contributed by atoms with Crippen LogP contribution in [0, 0.1) is 10.1 Å². The predicted octanol–water partition coefficient (Wildman–Crippen LogP) is 3.65. The van der Waals surface area contributed by atoms with Crippen molar-refractivity contribution in [3.05, 3.63) is 51.6 Å². The van der Waals surface area contributed by atoms with E-state index in [1.807, 2.05) is 0 Å². The van der Waals surface area contributed by atoms with E-state index in [4.69, 9.17) is 14.2 Å². The van der Waals surface area contributed by atoms with Gasteiger partial charge in [-0.25, -0.2) is 9.78 Å². The Balaban J connectivity index is 1.93. The van der Waals surface area contributed by atoms with Gasteiger partial charge in [0.25, 0.3) is 11.6 Å². The van der Waals surface area contributed by atoms with Crippen LogP contribution in [-0.4, -0.2) is 42.6 Å². The Morgan fingerprint density at radius 1 is 1.17 bits per heavy atom. The van der Waals surface area contributed by atoms with Crippen LogP contribution in [0.4, 0.5) is 10.8 Å². The van der Waals surface area contributed by atoms with Gasteiger partial charge in [0.2, 0.25) is 0 Å². The quantitative estimate of drug-likeness (QED) is 0.341. The normalized spacial score (nSPS) is 10.5. The summed E-state index contributed by atoms with van der Waals surface area (Å²) >= 11 is 1.13. The number of ether oxygens (including phenoxy) is 3. The van der Waals surface area contributed by atoms with Crippen molar-refractivity contribution in [1.82, 2.24) is 4.98 Å². The molecule has 156 valence electrons. The summed E-state index contributed by atoms with van der Waals surface area (Å²) < 4.78 is 15.8. The first-order valence-corrected chi connectivity index (χ1v) is 9.49. The molecule has 0 aliphatic carbocycles. The molecule has 11 heteroatoms. The number of rotatable bonds is 7. The third kappa shape index (κ3) is 4.15. The van der Waals surface area contributed by atoms with E-state index in [0.717, 1.165) is 17.4 Å². The molecule has 0 saturated heterocycles. The van der Waals surface area contributed by atoms with Gasteiger partial charge in [0.1, 0.15) is 5.56 Å². The van der Waals surface area contributed by atoms with E-state index in [-0.39, 0.29) is 28.8 Å². The number of methoxy groups -OCH3 is 2. The standard InChI is InChI=1S/C19H17N3O7S/c1-4-29-18(24)10-5-6-12-16(7-10)30-19(20-12)21-17(23)11-8-14(27-2)15(28-3)9-13(11)22(25)26/h5-9H,4H2,1-3H3,(H,20,21,23). The van der Waals surface area contributed by atoms with E-state index < -0.39 is 22.5 Å². The van der Waals surface area contributed by atoms with Crippen molar-refractivity contribution in [2.24, 2.45) is 0 Å². The van der Waals surface area contributed by atoms with E-state index in [0.29, 0.717) is 15.8 Å². The SMILES string of the molecule is CCOC(=O)c1ccc2nc(NC(=O)c3cc(OC)c(OC)cc3[N+](=O)[O-])sc2c1. The second-order valence-corrected chi connectivity index (χ2v) is 6.89. The zero-order chi connectivity index (χ0) is 21.8. The summed E-state index contributed by atoms with van der Waals surface area (Å²) in [6.07, 6.45) is 0. The molecular weight excluding hydrogens is 414 g/mol. The van der Waals surface area contributed by atoms with Gasteiger partial charge in [-0.2, -0.15) is 0 Å². The maximum Gasteiger partial charge on any atom is 0.338 e. The molecule has 1 amide bonds. The van der Waals surface area contributed by atoms with Crippen LogP contribution >= 0.6 is 11.3 Å². The second-order valence-electron chi connectivity index (χ2n) is 5.86. The molecule has 0 aliphatic heterocycles. The lowest BCUT2D eigenvalue weighted by atomic mass is 10.1. The van der Waals surface area contributed by atoms with Gasteiger partial charge in [-0.1, -0.05) is 11.3 Å². The molecule has 2 aromatic carbocycles. The van der Waals surface area contributed by atoms with E-state index in [2.05, 4.69) is 10.3 Å². The van der Waals surface area contributed by atoms with Crippen LogP contribution in [0.3, 0.4) is 0 Å². The Bertz CT molecular complexity index is 1140. The fourth-order valence-corrected chi connectivity index (χ4v) is 3.59. The molecular formula is C19H17N3O7S. The zero-order valence-electron chi connectivity index (χ0n) is 16.3. The number of aromatic nitrogens is 1. The topological polar surface area (TPSA) is 130 Å². The number of carbonyl (C=O) groups excluding carboxylic acids is 2. The van der Waals surface area contributed by atoms with E-state index in [1.54, 1.807) is 25.1 Å². The smallest absolute Gasteiger partial charge is 0.338 e. The molecule has 3 rings (SSSR count). The number of anilines is 1. The van der Waals surface area contributed by atoms with Gasteiger partial charge in [0, 0.05) is 6.07 Å². The Kier molecular flexibility index (Phi) is 6.11. The summed E-state index contributed by atoms with van der Waals surface area (Å²) in [5, 5.41) is 14.2. The average molecular weight is 431 g/mol. The van der Waals surface area contributed by atoms with E-state index >= 15 is 0 Å². The number of fused-ring (bicyclic) bond motifs is 1. The highest BCUT2D eigenvalue weighted by atomic mass is 32.1. The number of hydrogen-bond donors (Lipinski definition) is 1. The van der Waals surface area contributed by atoms with Crippen LogP contribution in [0.25, 0.3) is 10.2 Å². The summed E-state index contributed by atoms with van der Waals surface area (Å²) in [5.74, 6) is -0.879. The Morgan fingerprint density at radius 2 is 1.87 bits per heavy atom. The number of benzene rings is 2. The third-order valence-electron chi connectivity index (χ3n) is 4.06. The highest BCUT2D eigenvalue weighted by molar-refractivity contribution is 7.22. The number of thiazole rings is 1. The van der Waals surface area contributed by atoms with Crippen LogP contribution in [-0.2, 0) is 4.74 Å². The van der Waals surface area contributed by atoms with Crippen molar-refractivity contribution in [2.45, 2.75) is 6.92 Å². The lowest BCUT2D eigenvalue weighted by Gasteiger charge is -2.10. The molecule has 1 aromatic heterocycles. The highest BCUT2D eigenvalue weighted by Gasteiger charge is 2.25. The molecule has 1 N–H and O–H groups in total. The van der Waals surface area contributed by atoms with Gasteiger partial charge in [-0.15, -0.1) is 0 Å². The summed E-state index contributed by atoms with van der Waals surface area (Å²) in [7, 11) is 2.70. The first kappa shape index (κ1) is 21.0. The van der Waals surface area contributed by atoms with Crippen LogP contribution in [0.5, 0.6) is 11.5 Å².